The zero-order valence-electron chi connectivity index (χ0n) is 9.73. The first-order valence-corrected chi connectivity index (χ1v) is 5.44. The number of aryl methyl sites for hydroxylation is 2. The Labute approximate surface area is 103 Å². The van der Waals surface area contributed by atoms with Gasteiger partial charge in [-0.2, -0.15) is 10.1 Å². The first kappa shape index (κ1) is 11.7. The van der Waals surface area contributed by atoms with Gasteiger partial charge in [-0.25, -0.2) is 9.67 Å². The second-order valence-electron chi connectivity index (χ2n) is 3.77. The van der Waals surface area contributed by atoms with E-state index in [1.807, 2.05) is 19.9 Å². The standard InChI is InChI=1S/C11H11ClN4O/c1-6-4-7(2)16(15-6)11-13-9(8(3)17)5-10(12)14-11/h4-5H,1-3H3. The molecule has 6 heteroatoms. The van der Waals surface area contributed by atoms with E-state index in [1.54, 1.807) is 4.68 Å². The van der Waals surface area contributed by atoms with Crippen LogP contribution in [0.3, 0.4) is 0 Å². The Balaban J connectivity index is 2.59. The summed E-state index contributed by atoms with van der Waals surface area (Å²) >= 11 is 5.86. The molecule has 0 fully saturated rings. The minimum Gasteiger partial charge on any atom is -0.293 e. The van der Waals surface area contributed by atoms with Gasteiger partial charge in [0.1, 0.15) is 10.8 Å². The maximum Gasteiger partial charge on any atom is 0.252 e. The van der Waals surface area contributed by atoms with Gasteiger partial charge < -0.3 is 0 Å². The molecule has 0 spiro atoms. The monoisotopic (exact) mass is 250 g/mol. The van der Waals surface area contributed by atoms with Gasteiger partial charge >= 0.3 is 0 Å². The highest BCUT2D eigenvalue weighted by Gasteiger charge is 2.11. The molecule has 2 aromatic rings. The molecule has 2 rings (SSSR count). The molecule has 2 aromatic heterocycles. The number of Topliss-reactive ketones (excluding diaryl/α,β-unsaturated/α-hetero) is 1. The minimum atomic E-state index is -0.155. The van der Waals surface area contributed by atoms with Crippen LogP contribution in [0.4, 0.5) is 0 Å². The van der Waals surface area contributed by atoms with Crippen LogP contribution in [0.25, 0.3) is 5.95 Å². The number of ketones is 1. The van der Waals surface area contributed by atoms with Gasteiger partial charge in [0.2, 0.25) is 0 Å². The molecule has 0 aliphatic heterocycles. The number of hydrogen-bond donors (Lipinski definition) is 0. The van der Waals surface area contributed by atoms with Crippen LogP contribution in [-0.4, -0.2) is 25.5 Å². The highest BCUT2D eigenvalue weighted by atomic mass is 35.5. The van der Waals surface area contributed by atoms with Crippen LogP contribution in [-0.2, 0) is 0 Å². The van der Waals surface area contributed by atoms with Gasteiger partial charge in [-0.05, 0) is 19.9 Å². The summed E-state index contributed by atoms with van der Waals surface area (Å²) in [7, 11) is 0. The normalized spacial score (nSPS) is 10.6. The smallest absolute Gasteiger partial charge is 0.252 e. The highest BCUT2D eigenvalue weighted by molar-refractivity contribution is 6.29. The Kier molecular flexibility index (Phi) is 2.93. The Morgan fingerprint density at radius 1 is 1.29 bits per heavy atom. The Hall–Kier alpha value is -1.75. The molecule has 0 N–H and O–H groups in total. The van der Waals surface area contributed by atoms with Crippen LogP contribution < -0.4 is 0 Å². The summed E-state index contributed by atoms with van der Waals surface area (Å²) in [6.07, 6.45) is 0. The number of halogens is 1. The summed E-state index contributed by atoms with van der Waals surface area (Å²) in [5.74, 6) is 0.158. The van der Waals surface area contributed by atoms with E-state index in [2.05, 4.69) is 15.1 Å². The first-order valence-electron chi connectivity index (χ1n) is 5.06. The second-order valence-corrected chi connectivity index (χ2v) is 4.16. The van der Waals surface area contributed by atoms with Crippen LogP contribution in [0.1, 0.15) is 28.8 Å². The third-order valence-electron chi connectivity index (χ3n) is 2.24. The van der Waals surface area contributed by atoms with E-state index < -0.39 is 0 Å². The average Bonchev–Trinajstić information content (AvgIpc) is 2.57. The number of aromatic nitrogens is 4. The molecule has 0 unspecified atom stereocenters. The molecule has 0 radical (unpaired) electrons. The van der Waals surface area contributed by atoms with Crippen molar-refractivity contribution in [3.8, 4) is 5.95 Å². The summed E-state index contributed by atoms with van der Waals surface area (Å²) in [5, 5.41) is 4.47. The Morgan fingerprint density at radius 3 is 2.53 bits per heavy atom. The van der Waals surface area contributed by atoms with E-state index in [1.165, 1.54) is 13.0 Å². The summed E-state index contributed by atoms with van der Waals surface area (Å²) in [5.41, 5.74) is 2.03. The number of carbonyl (C=O) groups is 1. The number of nitrogens with zero attached hydrogens (tertiary/aromatic N) is 4. The molecule has 88 valence electrons. The van der Waals surface area contributed by atoms with E-state index >= 15 is 0 Å². The van der Waals surface area contributed by atoms with Crippen molar-refractivity contribution < 1.29 is 4.79 Å². The van der Waals surface area contributed by atoms with Gasteiger partial charge in [0.15, 0.2) is 5.78 Å². The lowest BCUT2D eigenvalue weighted by Gasteiger charge is -2.04. The van der Waals surface area contributed by atoms with Crippen LogP contribution in [0.15, 0.2) is 12.1 Å². The number of rotatable bonds is 2. The predicted octanol–water partition coefficient (Wildman–Crippen LogP) is 2.14. The second kappa shape index (κ2) is 4.25. The third kappa shape index (κ3) is 2.34. The van der Waals surface area contributed by atoms with Gasteiger partial charge in [0.05, 0.1) is 5.69 Å². The van der Waals surface area contributed by atoms with Crippen molar-refractivity contribution in [1.82, 2.24) is 19.7 Å². The molecule has 17 heavy (non-hydrogen) atoms. The largest absolute Gasteiger partial charge is 0.293 e. The van der Waals surface area contributed by atoms with Gasteiger partial charge in [-0.15, -0.1) is 0 Å². The number of carbonyl (C=O) groups excluding carboxylic acids is 1. The topological polar surface area (TPSA) is 60.7 Å². The summed E-state index contributed by atoms with van der Waals surface area (Å²) in [6, 6.07) is 3.34. The zero-order valence-corrected chi connectivity index (χ0v) is 10.5. The number of hydrogen-bond acceptors (Lipinski definition) is 4. The fourth-order valence-corrected chi connectivity index (χ4v) is 1.69. The summed E-state index contributed by atoms with van der Waals surface area (Å²) < 4.78 is 1.56. The lowest BCUT2D eigenvalue weighted by atomic mass is 10.3. The van der Waals surface area contributed by atoms with Crippen LogP contribution in [0, 0.1) is 13.8 Å². The van der Waals surface area contributed by atoms with Gasteiger partial charge in [-0.1, -0.05) is 11.6 Å². The first-order chi connectivity index (χ1) is 7.97. The van der Waals surface area contributed by atoms with Crippen molar-refractivity contribution in [2.45, 2.75) is 20.8 Å². The quantitative estimate of drug-likeness (QED) is 0.605. The van der Waals surface area contributed by atoms with Crippen molar-refractivity contribution in [3.05, 3.63) is 34.4 Å². The van der Waals surface area contributed by atoms with Crippen molar-refractivity contribution in [2.75, 3.05) is 0 Å². The zero-order chi connectivity index (χ0) is 12.6. The average molecular weight is 251 g/mol. The lowest BCUT2D eigenvalue weighted by molar-refractivity contribution is 0.101. The van der Waals surface area contributed by atoms with E-state index in [0.717, 1.165) is 11.4 Å². The highest BCUT2D eigenvalue weighted by Crippen LogP contribution is 2.13. The van der Waals surface area contributed by atoms with Crippen LogP contribution >= 0.6 is 11.6 Å². The molecule has 0 amide bonds. The van der Waals surface area contributed by atoms with E-state index in [9.17, 15) is 4.79 Å². The van der Waals surface area contributed by atoms with Crippen LogP contribution in [0.2, 0.25) is 5.15 Å². The fraction of sp³-hybridized carbons (Fsp3) is 0.273. The maximum absolute atomic E-state index is 11.3. The van der Waals surface area contributed by atoms with Crippen molar-refractivity contribution in [3.63, 3.8) is 0 Å². The van der Waals surface area contributed by atoms with Gasteiger partial charge in [0, 0.05) is 18.7 Å². The molecule has 0 saturated carbocycles. The molecule has 0 atom stereocenters. The lowest BCUT2D eigenvalue weighted by Crippen LogP contribution is -2.09. The molecule has 0 saturated heterocycles. The molecule has 2 heterocycles. The van der Waals surface area contributed by atoms with Crippen molar-refractivity contribution >= 4 is 17.4 Å². The third-order valence-corrected chi connectivity index (χ3v) is 2.44. The molecule has 0 aromatic carbocycles. The maximum atomic E-state index is 11.3. The molecular weight excluding hydrogens is 240 g/mol. The Morgan fingerprint density at radius 2 is 2.00 bits per heavy atom. The van der Waals surface area contributed by atoms with Crippen molar-refractivity contribution in [2.24, 2.45) is 0 Å². The summed E-state index contributed by atoms with van der Waals surface area (Å²) in [6.45, 7) is 5.20. The molecule has 0 aliphatic rings. The van der Waals surface area contributed by atoms with Crippen molar-refractivity contribution in [1.29, 1.82) is 0 Å². The van der Waals surface area contributed by atoms with E-state index in [-0.39, 0.29) is 16.6 Å². The summed E-state index contributed by atoms with van der Waals surface area (Å²) in [4.78, 5) is 19.5. The van der Waals surface area contributed by atoms with E-state index in [0.29, 0.717) is 5.95 Å². The predicted molar refractivity (Wildman–Crippen MR) is 63.6 cm³/mol. The molecule has 0 aliphatic carbocycles. The Bertz CT molecular complexity index is 591. The van der Waals surface area contributed by atoms with Crippen LogP contribution in [0.5, 0.6) is 0 Å². The van der Waals surface area contributed by atoms with Gasteiger partial charge in [0.25, 0.3) is 5.95 Å². The van der Waals surface area contributed by atoms with Gasteiger partial charge in [-0.3, -0.25) is 4.79 Å². The molecular formula is C11H11ClN4O. The minimum absolute atomic E-state index is 0.155. The fourth-order valence-electron chi connectivity index (χ4n) is 1.51. The SMILES string of the molecule is CC(=O)c1cc(Cl)nc(-n2nc(C)cc2C)n1. The molecule has 0 bridgehead atoms. The molecule has 5 nitrogen and oxygen atoms in total. The van der Waals surface area contributed by atoms with E-state index in [4.69, 9.17) is 11.6 Å².